The van der Waals surface area contributed by atoms with Crippen LogP contribution in [0, 0.1) is 0 Å². The van der Waals surface area contributed by atoms with E-state index in [1.54, 1.807) is 36.4 Å². The Morgan fingerprint density at radius 2 is 1.04 bits per heavy atom. The Morgan fingerprint density at radius 1 is 0.739 bits per heavy atom. The molecule has 0 aromatic heterocycles. The molecule has 4 nitrogen and oxygen atoms in total. The van der Waals surface area contributed by atoms with E-state index in [4.69, 9.17) is 0 Å². The van der Waals surface area contributed by atoms with Gasteiger partial charge in [0, 0.05) is 11.1 Å². The standard InChI is InChI=1S/2C9H8O2.Sr/c2*1-2-7-5-3-4-6-8(7)9(10)11;/h2*2-6H,1H2,(H,10,11);/q;;+2/p-2. The molecule has 0 amide bonds. The van der Waals surface area contributed by atoms with E-state index in [9.17, 15) is 19.8 Å². The Bertz CT molecular complexity index is 646. The molecule has 0 saturated heterocycles. The number of carboxylic acids is 2. The second kappa shape index (κ2) is 11.0. The van der Waals surface area contributed by atoms with Crippen molar-refractivity contribution in [1.82, 2.24) is 0 Å². The molecule has 2 aromatic carbocycles. The molecule has 23 heavy (non-hydrogen) atoms. The van der Waals surface area contributed by atoms with E-state index in [1.807, 2.05) is 0 Å². The second-order valence-electron chi connectivity index (χ2n) is 4.16. The van der Waals surface area contributed by atoms with Crippen LogP contribution in [0.15, 0.2) is 61.7 Å². The van der Waals surface area contributed by atoms with Crippen molar-refractivity contribution < 1.29 is 19.8 Å². The quantitative estimate of drug-likeness (QED) is 0.740. The fourth-order valence-corrected chi connectivity index (χ4v) is 1.72. The van der Waals surface area contributed by atoms with Gasteiger partial charge in [-0.25, -0.2) is 0 Å². The predicted molar refractivity (Wildman–Crippen MR) is 87.5 cm³/mol. The first-order valence-corrected chi connectivity index (χ1v) is 6.37. The first kappa shape index (κ1) is 21.3. The summed E-state index contributed by atoms with van der Waals surface area (Å²) in [6, 6.07) is 13.2. The minimum atomic E-state index is -1.17. The van der Waals surface area contributed by atoms with E-state index in [0.717, 1.165) is 0 Å². The van der Waals surface area contributed by atoms with Gasteiger partial charge in [-0.2, -0.15) is 0 Å². The molecule has 0 atom stereocenters. The summed E-state index contributed by atoms with van der Waals surface area (Å²) in [4.78, 5) is 20.8. The van der Waals surface area contributed by atoms with Gasteiger partial charge in [0.1, 0.15) is 0 Å². The van der Waals surface area contributed by atoms with Crippen molar-refractivity contribution in [2.45, 2.75) is 0 Å². The topological polar surface area (TPSA) is 80.3 Å². The third-order valence-corrected chi connectivity index (χ3v) is 2.80. The van der Waals surface area contributed by atoms with Crippen molar-refractivity contribution in [3.05, 3.63) is 83.9 Å². The smallest absolute Gasteiger partial charge is 0.545 e. The third kappa shape index (κ3) is 6.54. The summed E-state index contributed by atoms with van der Waals surface area (Å²) in [7, 11) is 0. The van der Waals surface area contributed by atoms with Gasteiger partial charge >= 0.3 is 45.5 Å². The molecule has 0 fully saturated rings. The first-order valence-electron chi connectivity index (χ1n) is 6.37. The summed E-state index contributed by atoms with van der Waals surface area (Å²) in [6.45, 7) is 6.97. The molecular formula is C18H14O4Sr. The molecule has 0 radical (unpaired) electrons. The van der Waals surface area contributed by atoms with Gasteiger partial charge in [-0.1, -0.05) is 73.8 Å². The fraction of sp³-hybridized carbons (Fsp3) is 0. The molecule has 0 bridgehead atoms. The Kier molecular flexibility index (Phi) is 10.2. The minimum absolute atomic E-state index is 0. The van der Waals surface area contributed by atoms with Crippen LogP contribution in [0.4, 0.5) is 0 Å². The monoisotopic (exact) mass is 382 g/mol. The average Bonchev–Trinajstić information content (AvgIpc) is 2.55. The van der Waals surface area contributed by atoms with Gasteiger partial charge in [-0.15, -0.1) is 0 Å². The Hall–Kier alpha value is -1.66. The molecule has 112 valence electrons. The van der Waals surface area contributed by atoms with Crippen LogP contribution in [-0.2, 0) is 0 Å². The van der Waals surface area contributed by atoms with Crippen LogP contribution in [-0.4, -0.2) is 57.4 Å². The Labute approximate surface area is 172 Å². The van der Waals surface area contributed by atoms with Crippen LogP contribution in [0.3, 0.4) is 0 Å². The predicted octanol–water partition coefficient (Wildman–Crippen LogP) is 1.01. The summed E-state index contributed by atoms with van der Waals surface area (Å²) in [5, 5.41) is 20.8. The molecule has 2 rings (SSSR count). The van der Waals surface area contributed by atoms with Gasteiger partial charge in [-0.3, -0.25) is 0 Å². The number of aromatic carboxylic acids is 2. The van der Waals surface area contributed by atoms with E-state index < -0.39 is 11.9 Å². The maximum Gasteiger partial charge on any atom is 2.00 e. The SMILES string of the molecule is C=Cc1ccccc1C(=O)[O-].C=Cc1ccccc1C(=O)[O-].[Sr+2]. The zero-order valence-electron chi connectivity index (χ0n) is 12.5. The number of hydrogen-bond donors (Lipinski definition) is 0. The van der Waals surface area contributed by atoms with Crippen LogP contribution in [0.2, 0.25) is 0 Å². The van der Waals surface area contributed by atoms with E-state index in [-0.39, 0.29) is 56.6 Å². The van der Waals surface area contributed by atoms with Crippen LogP contribution >= 0.6 is 0 Å². The maximum atomic E-state index is 10.4. The molecular weight excluding hydrogens is 368 g/mol. The summed E-state index contributed by atoms with van der Waals surface area (Å²) < 4.78 is 0. The van der Waals surface area contributed by atoms with Gasteiger partial charge in [0.15, 0.2) is 0 Å². The van der Waals surface area contributed by atoms with Crippen molar-refractivity contribution in [2.75, 3.05) is 0 Å². The first-order chi connectivity index (χ1) is 10.5. The summed E-state index contributed by atoms with van der Waals surface area (Å²) >= 11 is 0. The fourth-order valence-electron chi connectivity index (χ4n) is 1.72. The van der Waals surface area contributed by atoms with Crippen molar-refractivity contribution in [1.29, 1.82) is 0 Å². The van der Waals surface area contributed by atoms with Crippen LogP contribution in [0.1, 0.15) is 31.8 Å². The number of rotatable bonds is 4. The molecule has 0 heterocycles. The van der Waals surface area contributed by atoms with Crippen LogP contribution in [0.5, 0.6) is 0 Å². The van der Waals surface area contributed by atoms with E-state index in [0.29, 0.717) is 11.1 Å². The Morgan fingerprint density at radius 3 is 1.26 bits per heavy atom. The molecule has 0 aliphatic heterocycles. The summed E-state index contributed by atoms with van der Waals surface area (Å²) in [5.41, 5.74) is 1.55. The normalized spacial score (nSPS) is 8.70. The molecule has 0 spiro atoms. The number of benzene rings is 2. The molecule has 5 heteroatoms. The van der Waals surface area contributed by atoms with Crippen LogP contribution in [0.25, 0.3) is 12.2 Å². The number of carbonyl (C=O) groups excluding carboxylic acids is 2. The summed E-state index contributed by atoms with van der Waals surface area (Å²) in [5.74, 6) is -2.33. The van der Waals surface area contributed by atoms with Gasteiger partial charge in [-0.05, 0) is 11.1 Å². The summed E-state index contributed by atoms with van der Waals surface area (Å²) in [6.07, 6.45) is 2.98. The van der Waals surface area contributed by atoms with Gasteiger partial charge < -0.3 is 19.8 Å². The van der Waals surface area contributed by atoms with Gasteiger partial charge in [0.25, 0.3) is 0 Å². The zero-order valence-corrected chi connectivity index (χ0v) is 16.0. The molecule has 0 N–H and O–H groups in total. The molecule has 0 unspecified atom stereocenters. The second-order valence-corrected chi connectivity index (χ2v) is 4.16. The van der Waals surface area contributed by atoms with Crippen molar-refractivity contribution >= 4 is 69.6 Å². The van der Waals surface area contributed by atoms with Crippen LogP contribution < -0.4 is 10.2 Å². The van der Waals surface area contributed by atoms with Gasteiger partial charge in [0.2, 0.25) is 0 Å². The van der Waals surface area contributed by atoms with E-state index in [2.05, 4.69) is 13.2 Å². The molecule has 0 saturated carbocycles. The minimum Gasteiger partial charge on any atom is -0.545 e. The number of carbonyl (C=O) groups is 2. The van der Waals surface area contributed by atoms with E-state index in [1.165, 1.54) is 24.3 Å². The van der Waals surface area contributed by atoms with E-state index >= 15 is 0 Å². The molecule has 0 aliphatic carbocycles. The maximum absolute atomic E-state index is 10.4. The van der Waals surface area contributed by atoms with Gasteiger partial charge in [0.05, 0.1) is 11.9 Å². The van der Waals surface area contributed by atoms with Crippen molar-refractivity contribution in [2.24, 2.45) is 0 Å². The third-order valence-electron chi connectivity index (χ3n) is 2.80. The Balaban J connectivity index is 0.000000403. The molecule has 0 aliphatic rings. The average molecular weight is 382 g/mol. The van der Waals surface area contributed by atoms with Crippen molar-refractivity contribution in [3.63, 3.8) is 0 Å². The zero-order chi connectivity index (χ0) is 16.5. The number of hydrogen-bond acceptors (Lipinski definition) is 4. The van der Waals surface area contributed by atoms with Crippen molar-refractivity contribution in [3.8, 4) is 0 Å². The largest absolute Gasteiger partial charge is 2.00 e. The number of carboxylic acid groups (broad SMARTS) is 2. The molecule has 2 aromatic rings.